The molecule has 36 heavy (non-hydrogen) atoms. The van der Waals surface area contributed by atoms with Gasteiger partial charge in [-0.1, -0.05) is 18.1 Å². The highest BCUT2D eigenvalue weighted by Gasteiger charge is 2.60. The van der Waals surface area contributed by atoms with Gasteiger partial charge in [0.05, 0.1) is 13.7 Å². The van der Waals surface area contributed by atoms with Gasteiger partial charge >= 0.3 is 6.03 Å². The van der Waals surface area contributed by atoms with E-state index in [2.05, 4.69) is 16.2 Å². The number of ether oxygens (including phenoxy) is 1. The summed E-state index contributed by atoms with van der Waals surface area (Å²) < 4.78 is 19.7. The number of hydrogen-bond acceptors (Lipinski definition) is 5. The summed E-state index contributed by atoms with van der Waals surface area (Å²) in [5, 5.41) is 14.0. The van der Waals surface area contributed by atoms with Crippen molar-refractivity contribution in [1.82, 2.24) is 20.1 Å². The number of fused-ring (bicyclic) bond motifs is 4. The fourth-order valence-corrected chi connectivity index (χ4v) is 5.43. The van der Waals surface area contributed by atoms with Gasteiger partial charge in [0.1, 0.15) is 17.3 Å². The number of methoxy groups -OCH3 is 1. The van der Waals surface area contributed by atoms with Crippen molar-refractivity contribution in [2.24, 2.45) is 0 Å². The largest absolute Gasteiger partial charge is 0.508 e. The van der Waals surface area contributed by atoms with Crippen molar-refractivity contribution < 1.29 is 23.8 Å². The van der Waals surface area contributed by atoms with Gasteiger partial charge in [0.2, 0.25) is 0 Å². The fourth-order valence-electron chi connectivity index (χ4n) is 5.43. The van der Waals surface area contributed by atoms with Gasteiger partial charge in [-0.05, 0) is 49.2 Å². The third-order valence-electron chi connectivity index (χ3n) is 7.09. The molecule has 1 fully saturated rings. The molecule has 1 aromatic heterocycles. The number of hydrogen-bond donors (Lipinski definition) is 3. The molecule has 2 atom stereocenters. The zero-order valence-electron chi connectivity index (χ0n) is 20.1. The molecular weight excluding hydrogens is 463 g/mol. The summed E-state index contributed by atoms with van der Waals surface area (Å²) in [6, 6.07) is 8.51. The number of benzene rings is 2. The molecule has 2 aliphatic rings. The summed E-state index contributed by atoms with van der Waals surface area (Å²) >= 11 is 0. The van der Waals surface area contributed by atoms with E-state index in [1.54, 1.807) is 42.2 Å². The van der Waals surface area contributed by atoms with Crippen LogP contribution in [0.4, 0.5) is 9.18 Å². The first kappa shape index (κ1) is 23.7. The number of amides is 3. The second kappa shape index (κ2) is 8.88. The minimum Gasteiger partial charge on any atom is -0.508 e. The molecular formula is C27H27FN4O4. The number of H-pyrrole nitrogens is 1. The summed E-state index contributed by atoms with van der Waals surface area (Å²) in [4.78, 5) is 33.7. The molecule has 3 heterocycles. The number of rotatable bonds is 7. The Kier molecular flexibility index (Phi) is 5.85. The predicted octanol–water partition coefficient (Wildman–Crippen LogP) is 3.30. The molecule has 2 aromatic carbocycles. The van der Waals surface area contributed by atoms with Crippen LogP contribution in [0.25, 0.3) is 10.9 Å². The van der Waals surface area contributed by atoms with Gasteiger partial charge in [-0.3, -0.25) is 14.6 Å². The van der Waals surface area contributed by atoms with Gasteiger partial charge < -0.3 is 20.1 Å². The second-order valence-electron chi connectivity index (χ2n) is 9.34. The topological polar surface area (TPSA) is 97.9 Å². The van der Waals surface area contributed by atoms with E-state index in [1.807, 2.05) is 0 Å². The molecule has 0 spiro atoms. The normalized spacial score (nSPS) is 21.0. The number of halogens is 1. The first-order chi connectivity index (χ1) is 17.3. The number of phenolic OH excluding ortho intramolecular Hbond substituents is 1. The van der Waals surface area contributed by atoms with E-state index >= 15 is 0 Å². The molecule has 0 radical (unpaired) electrons. The maximum atomic E-state index is 14.5. The lowest BCUT2D eigenvalue weighted by Crippen LogP contribution is -2.53. The van der Waals surface area contributed by atoms with Gasteiger partial charge in [-0.25, -0.2) is 9.18 Å². The molecule has 0 saturated carbocycles. The zero-order valence-corrected chi connectivity index (χ0v) is 20.1. The van der Waals surface area contributed by atoms with Crippen LogP contribution >= 0.6 is 0 Å². The van der Waals surface area contributed by atoms with E-state index in [0.29, 0.717) is 36.3 Å². The summed E-state index contributed by atoms with van der Waals surface area (Å²) in [6.07, 6.45) is 6.08. The number of nitrogens with zero attached hydrogens (tertiary/aromatic N) is 2. The SMILES string of the molecule is C#CCNCCCN1C(=O)N2[C@H](c3cccc(O)c3)c3[nH]c4cc(F)c(OC)cc4c3C[C@@]2(C)C1=O. The summed E-state index contributed by atoms with van der Waals surface area (Å²) in [5.74, 6) is 1.84. The molecule has 186 valence electrons. The summed E-state index contributed by atoms with van der Waals surface area (Å²) in [5.41, 5.74) is 1.52. The lowest BCUT2D eigenvalue weighted by Gasteiger charge is -2.42. The molecule has 0 aliphatic carbocycles. The van der Waals surface area contributed by atoms with E-state index in [1.165, 1.54) is 18.1 Å². The molecule has 5 rings (SSSR count). The van der Waals surface area contributed by atoms with Crippen LogP contribution in [-0.4, -0.2) is 64.1 Å². The van der Waals surface area contributed by atoms with Crippen LogP contribution in [0.1, 0.15) is 36.2 Å². The highest BCUT2D eigenvalue weighted by atomic mass is 19.1. The maximum Gasteiger partial charge on any atom is 0.328 e. The third-order valence-corrected chi connectivity index (χ3v) is 7.09. The Morgan fingerprint density at radius 2 is 2.14 bits per heavy atom. The van der Waals surface area contributed by atoms with Crippen LogP contribution in [0.15, 0.2) is 36.4 Å². The van der Waals surface area contributed by atoms with Crippen molar-refractivity contribution in [2.45, 2.75) is 31.3 Å². The quantitative estimate of drug-likeness (QED) is 0.268. The number of aromatic nitrogens is 1. The number of aromatic amines is 1. The minimum absolute atomic E-state index is 0.0413. The Morgan fingerprint density at radius 1 is 1.33 bits per heavy atom. The van der Waals surface area contributed by atoms with Crippen molar-refractivity contribution in [3.8, 4) is 23.8 Å². The lowest BCUT2D eigenvalue weighted by atomic mass is 9.81. The number of urea groups is 1. The smallest absolute Gasteiger partial charge is 0.328 e. The van der Waals surface area contributed by atoms with Crippen LogP contribution < -0.4 is 10.1 Å². The Labute approximate surface area is 208 Å². The number of terminal acetylenes is 1. The van der Waals surface area contributed by atoms with E-state index in [4.69, 9.17) is 11.2 Å². The first-order valence-electron chi connectivity index (χ1n) is 11.8. The zero-order chi connectivity index (χ0) is 25.6. The number of carbonyl (C=O) groups excluding carboxylic acids is 2. The van der Waals surface area contributed by atoms with Crippen LogP contribution in [0.2, 0.25) is 0 Å². The van der Waals surface area contributed by atoms with Crippen LogP contribution in [0.5, 0.6) is 11.5 Å². The Bertz CT molecular complexity index is 1410. The molecule has 3 N–H and O–H groups in total. The number of carbonyl (C=O) groups is 2. The van der Waals surface area contributed by atoms with Crippen LogP contribution in [0, 0.1) is 18.2 Å². The molecule has 3 amide bonds. The van der Waals surface area contributed by atoms with Gasteiger partial charge in [0, 0.05) is 35.6 Å². The van der Waals surface area contributed by atoms with E-state index < -0.39 is 23.4 Å². The van der Waals surface area contributed by atoms with Crippen molar-refractivity contribution in [3.05, 3.63) is 59.0 Å². The number of phenols is 1. The monoisotopic (exact) mass is 490 g/mol. The van der Waals surface area contributed by atoms with E-state index in [9.17, 15) is 19.1 Å². The fraction of sp³-hybridized carbons (Fsp3) is 0.333. The van der Waals surface area contributed by atoms with Crippen LogP contribution in [-0.2, 0) is 11.2 Å². The highest BCUT2D eigenvalue weighted by Crippen LogP contribution is 2.49. The highest BCUT2D eigenvalue weighted by molar-refractivity contribution is 6.08. The third kappa shape index (κ3) is 3.57. The second-order valence-corrected chi connectivity index (χ2v) is 9.34. The summed E-state index contributed by atoms with van der Waals surface area (Å²) in [6.45, 7) is 3.00. The van der Waals surface area contributed by atoms with E-state index in [-0.39, 0.29) is 30.4 Å². The number of aromatic hydroxyl groups is 1. The lowest BCUT2D eigenvalue weighted by molar-refractivity contribution is -0.133. The number of imide groups is 1. The van der Waals surface area contributed by atoms with Crippen molar-refractivity contribution in [3.63, 3.8) is 0 Å². The molecule has 3 aromatic rings. The molecule has 0 bridgehead atoms. The standard InChI is InChI=1S/C27H27FN4O4/c1-4-9-29-10-6-11-31-25(34)27(2)15-19-18-13-22(36-3)20(28)14-21(18)30-23(19)24(32(27)26(31)35)16-7-5-8-17(33)12-16/h1,5,7-8,12-14,24,29-30,33H,6,9-11,15H2,2-3H3/t24-,27+/m1/s1. The maximum absolute atomic E-state index is 14.5. The predicted molar refractivity (Wildman–Crippen MR) is 132 cm³/mol. The Hall–Kier alpha value is -4.03. The Balaban J connectivity index is 1.63. The van der Waals surface area contributed by atoms with Crippen LogP contribution in [0.3, 0.4) is 0 Å². The minimum atomic E-state index is -1.16. The average Bonchev–Trinajstić information content (AvgIpc) is 3.28. The van der Waals surface area contributed by atoms with Crippen molar-refractivity contribution in [2.75, 3.05) is 26.7 Å². The molecule has 0 unspecified atom stereocenters. The first-order valence-corrected chi connectivity index (χ1v) is 11.8. The van der Waals surface area contributed by atoms with Gasteiger partial charge in [-0.2, -0.15) is 0 Å². The van der Waals surface area contributed by atoms with Gasteiger partial charge in [0.25, 0.3) is 5.91 Å². The number of nitrogens with one attached hydrogen (secondary N) is 2. The molecule has 1 saturated heterocycles. The molecule has 9 heteroatoms. The molecule has 8 nitrogen and oxygen atoms in total. The average molecular weight is 491 g/mol. The van der Waals surface area contributed by atoms with Gasteiger partial charge in [-0.15, -0.1) is 6.42 Å². The van der Waals surface area contributed by atoms with Crippen molar-refractivity contribution >= 4 is 22.8 Å². The van der Waals surface area contributed by atoms with E-state index in [0.717, 1.165) is 10.9 Å². The molecule has 2 aliphatic heterocycles. The Morgan fingerprint density at radius 3 is 2.86 bits per heavy atom. The van der Waals surface area contributed by atoms with Gasteiger partial charge in [0.15, 0.2) is 11.6 Å². The summed E-state index contributed by atoms with van der Waals surface area (Å²) in [7, 11) is 1.40. The van der Waals surface area contributed by atoms with Crippen molar-refractivity contribution in [1.29, 1.82) is 0 Å².